The SMILES string of the molecule is C[C@@H](Cc1ccc([N+](=O)[O-])cc1)CC1(C)C(=O)OC(C)(C)OC1=O. The molecule has 1 aromatic rings. The van der Waals surface area contributed by atoms with Crippen molar-refractivity contribution in [3.63, 3.8) is 0 Å². The molecule has 7 heteroatoms. The van der Waals surface area contributed by atoms with E-state index in [2.05, 4.69) is 0 Å². The molecule has 1 fully saturated rings. The number of hydrogen-bond acceptors (Lipinski definition) is 6. The van der Waals surface area contributed by atoms with Gasteiger partial charge in [0.05, 0.1) is 4.92 Å². The summed E-state index contributed by atoms with van der Waals surface area (Å²) in [5.41, 5.74) is -0.412. The van der Waals surface area contributed by atoms with Gasteiger partial charge in [-0.05, 0) is 31.2 Å². The van der Waals surface area contributed by atoms with Crippen molar-refractivity contribution in [2.45, 2.75) is 46.3 Å². The lowest BCUT2D eigenvalue weighted by atomic mass is 9.79. The maximum atomic E-state index is 12.3. The van der Waals surface area contributed by atoms with Gasteiger partial charge in [0.1, 0.15) is 0 Å². The number of benzene rings is 1. The molecule has 1 saturated heterocycles. The molecule has 1 aromatic carbocycles. The predicted octanol–water partition coefficient (Wildman–Crippen LogP) is 3.01. The van der Waals surface area contributed by atoms with Gasteiger partial charge in [0.15, 0.2) is 5.41 Å². The van der Waals surface area contributed by atoms with Crippen LogP contribution in [0, 0.1) is 21.4 Å². The smallest absolute Gasteiger partial charge is 0.326 e. The lowest BCUT2D eigenvalue weighted by molar-refractivity contribution is -0.384. The standard InChI is InChI=1S/C17H21NO6/c1-11(9-12-5-7-13(8-6-12)18(21)22)10-17(4)14(19)23-16(2,3)24-15(17)20/h5-8,11H,9-10H2,1-4H3/t11-/m0/s1. The molecular weight excluding hydrogens is 314 g/mol. The molecule has 130 valence electrons. The fraction of sp³-hybridized carbons (Fsp3) is 0.529. The molecule has 0 saturated carbocycles. The Kier molecular flexibility index (Phi) is 4.64. The van der Waals surface area contributed by atoms with Crippen molar-refractivity contribution in [2.75, 3.05) is 0 Å². The number of cyclic esters (lactones) is 2. The van der Waals surface area contributed by atoms with E-state index in [-0.39, 0.29) is 18.0 Å². The summed E-state index contributed by atoms with van der Waals surface area (Å²) in [5, 5.41) is 10.7. The molecule has 0 radical (unpaired) electrons. The fourth-order valence-corrected chi connectivity index (χ4v) is 2.87. The van der Waals surface area contributed by atoms with Crippen LogP contribution in [0.5, 0.6) is 0 Å². The Labute approximate surface area is 140 Å². The maximum Gasteiger partial charge on any atom is 0.326 e. The quantitative estimate of drug-likeness (QED) is 0.355. The van der Waals surface area contributed by atoms with Gasteiger partial charge in [0.2, 0.25) is 0 Å². The summed E-state index contributed by atoms with van der Waals surface area (Å²) >= 11 is 0. The summed E-state index contributed by atoms with van der Waals surface area (Å²) in [7, 11) is 0. The van der Waals surface area contributed by atoms with Crippen LogP contribution < -0.4 is 0 Å². The summed E-state index contributed by atoms with van der Waals surface area (Å²) in [6.45, 7) is 6.47. The third-order valence-electron chi connectivity index (χ3n) is 4.07. The Bertz CT molecular complexity index is 644. The Hall–Kier alpha value is -2.44. The van der Waals surface area contributed by atoms with E-state index < -0.39 is 28.1 Å². The van der Waals surface area contributed by atoms with Gasteiger partial charge in [-0.1, -0.05) is 19.1 Å². The van der Waals surface area contributed by atoms with Gasteiger partial charge in [-0.15, -0.1) is 0 Å². The van der Waals surface area contributed by atoms with E-state index in [0.717, 1.165) is 5.56 Å². The molecule has 0 N–H and O–H groups in total. The topological polar surface area (TPSA) is 95.7 Å². The number of non-ortho nitro benzene ring substituents is 1. The highest BCUT2D eigenvalue weighted by molar-refractivity contribution is 6.01. The summed E-state index contributed by atoms with van der Waals surface area (Å²) in [4.78, 5) is 34.7. The van der Waals surface area contributed by atoms with Crippen molar-refractivity contribution < 1.29 is 24.0 Å². The van der Waals surface area contributed by atoms with Crippen LogP contribution in [0.1, 0.15) is 39.7 Å². The highest BCUT2D eigenvalue weighted by Crippen LogP contribution is 2.37. The predicted molar refractivity (Wildman–Crippen MR) is 85.0 cm³/mol. The van der Waals surface area contributed by atoms with Crippen molar-refractivity contribution in [3.05, 3.63) is 39.9 Å². The molecule has 7 nitrogen and oxygen atoms in total. The van der Waals surface area contributed by atoms with E-state index in [1.54, 1.807) is 12.1 Å². The number of carbonyl (C=O) groups is 2. The molecule has 1 heterocycles. The lowest BCUT2D eigenvalue weighted by Crippen LogP contribution is -2.53. The zero-order chi connectivity index (χ0) is 18.1. The van der Waals surface area contributed by atoms with E-state index in [1.165, 1.54) is 32.9 Å². The maximum absolute atomic E-state index is 12.3. The molecule has 0 amide bonds. The summed E-state index contributed by atoms with van der Waals surface area (Å²) in [6.07, 6.45) is 0.856. The normalized spacial score (nSPS) is 20.0. The molecule has 1 aliphatic heterocycles. The highest BCUT2D eigenvalue weighted by Gasteiger charge is 2.53. The second kappa shape index (κ2) is 6.22. The first-order valence-corrected chi connectivity index (χ1v) is 7.74. The number of hydrogen-bond donors (Lipinski definition) is 0. The molecule has 0 unspecified atom stereocenters. The van der Waals surface area contributed by atoms with Gasteiger partial charge in [0, 0.05) is 26.0 Å². The van der Waals surface area contributed by atoms with Gasteiger partial charge in [-0.2, -0.15) is 0 Å². The van der Waals surface area contributed by atoms with Crippen LogP contribution >= 0.6 is 0 Å². The third-order valence-corrected chi connectivity index (χ3v) is 4.07. The van der Waals surface area contributed by atoms with Crippen LogP contribution in [0.2, 0.25) is 0 Å². The molecule has 0 aromatic heterocycles. The molecular formula is C17H21NO6. The van der Waals surface area contributed by atoms with E-state index in [4.69, 9.17) is 9.47 Å². The van der Waals surface area contributed by atoms with Crippen LogP contribution in [-0.2, 0) is 25.5 Å². The lowest BCUT2D eigenvalue weighted by Gasteiger charge is -2.39. The summed E-state index contributed by atoms with van der Waals surface area (Å²) in [5.74, 6) is -2.42. The van der Waals surface area contributed by atoms with E-state index in [1.807, 2.05) is 6.92 Å². The van der Waals surface area contributed by atoms with E-state index >= 15 is 0 Å². The first kappa shape index (κ1) is 17.9. The minimum atomic E-state index is -1.34. The number of rotatable bonds is 5. The van der Waals surface area contributed by atoms with Crippen LogP contribution in [0.3, 0.4) is 0 Å². The van der Waals surface area contributed by atoms with Gasteiger partial charge in [-0.25, -0.2) is 0 Å². The number of nitro benzene ring substituents is 1. The number of esters is 2. The summed E-state index contributed by atoms with van der Waals surface area (Å²) in [6, 6.07) is 6.24. The number of nitro groups is 1. The van der Waals surface area contributed by atoms with E-state index in [0.29, 0.717) is 6.42 Å². The minimum absolute atomic E-state index is 0.0160. The van der Waals surface area contributed by atoms with Crippen LogP contribution in [0.25, 0.3) is 0 Å². The molecule has 24 heavy (non-hydrogen) atoms. The number of ether oxygens (including phenoxy) is 2. The van der Waals surface area contributed by atoms with Gasteiger partial charge in [0.25, 0.3) is 11.5 Å². The van der Waals surface area contributed by atoms with Crippen LogP contribution in [0.15, 0.2) is 24.3 Å². The first-order chi connectivity index (χ1) is 11.0. The molecule has 0 spiro atoms. The monoisotopic (exact) mass is 335 g/mol. The number of carbonyl (C=O) groups excluding carboxylic acids is 2. The third kappa shape index (κ3) is 3.72. The highest BCUT2D eigenvalue weighted by atomic mass is 16.7. The van der Waals surface area contributed by atoms with Crippen molar-refractivity contribution in [2.24, 2.45) is 11.3 Å². The first-order valence-electron chi connectivity index (χ1n) is 7.74. The van der Waals surface area contributed by atoms with E-state index in [9.17, 15) is 19.7 Å². The Morgan fingerprint density at radius 2 is 1.58 bits per heavy atom. The van der Waals surface area contributed by atoms with Crippen molar-refractivity contribution in [3.8, 4) is 0 Å². The minimum Gasteiger partial charge on any atom is -0.422 e. The van der Waals surface area contributed by atoms with Crippen molar-refractivity contribution in [1.82, 2.24) is 0 Å². The van der Waals surface area contributed by atoms with Crippen molar-refractivity contribution in [1.29, 1.82) is 0 Å². The Morgan fingerprint density at radius 3 is 2.04 bits per heavy atom. The zero-order valence-corrected chi connectivity index (χ0v) is 14.2. The van der Waals surface area contributed by atoms with Gasteiger partial charge >= 0.3 is 11.9 Å². The molecule has 1 atom stereocenters. The van der Waals surface area contributed by atoms with Crippen LogP contribution in [0.4, 0.5) is 5.69 Å². The van der Waals surface area contributed by atoms with Crippen LogP contribution in [-0.4, -0.2) is 22.6 Å². The Balaban J connectivity index is 2.05. The Morgan fingerprint density at radius 1 is 1.08 bits per heavy atom. The van der Waals surface area contributed by atoms with Gasteiger partial charge < -0.3 is 9.47 Å². The molecule has 1 aliphatic rings. The average molecular weight is 335 g/mol. The average Bonchev–Trinajstić information content (AvgIpc) is 2.45. The number of nitrogens with zero attached hydrogens (tertiary/aromatic N) is 1. The van der Waals surface area contributed by atoms with Crippen molar-refractivity contribution >= 4 is 17.6 Å². The fourth-order valence-electron chi connectivity index (χ4n) is 2.87. The second-order valence-electron chi connectivity index (χ2n) is 6.95. The molecule has 2 rings (SSSR count). The molecule has 0 aliphatic carbocycles. The zero-order valence-electron chi connectivity index (χ0n) is 14.2. The molecule has 0 bridgehead atoms. The largest absolute Gasteiger partial charge is 0.422 e. The second-order valence-corrected chi connectivity index (χ2v) is 6.95. The van der Waals surface area contributed by atoms with Gasteiger partial charge in [-0.3, -0.25) is 19.7 Å². The summed E-state index contributed by atoms with van der Waals surface area (Å²) < 4.78 is 10.4.